The van der Waals surface area contributed by atoms with Gasteiger partial charge in [0, 0.05) is 17.5 Å². The van der Waals surface area contributed by atoms with E-state index in [2.05, 4.69) is 22.2 Å². The summed E-state index contributed by atoms with van der Waals surface area (Å²) in [5.41, 5.74) is 9.61. The predicted octanol–water partition coefficient (Wildman–Crippen LogP) is 6.34. The summed E-state index contributed by atoms with van der Waals surface area (Å²) >= 11 is 0. The molecule has 1 fully saturated rings. The Morgan fingerprint density at radius 1 is 1.03 bits per heavy atom. The molecule has 170 valence electrons. The Kier molecular flexibility index (Phi) is 4.99. The molecule has 0 saturated heterocycles. The third-order valence-electron chi connectivity index (χ3n) is 5.80. The van der Waals surface area contributed by atoms with Crippen LogP contribution in [0, 0.1) is 11.7 Å². The fourth-order valence-corrected chi connectivity index (χ4v) is 4.20. The maximum absolute atomic E-state index is 14.2. The van der Waals surface area contributed by atoms with Crippen LogP contribution < -0.4 is 16.0 Å². The molecule has 0 spiro atoms. The van der Waals surface area contributed by atoms with Gasteiger partial charge >= 0.3 is 6.18 Å². The van der Waals surface area contributed by atoms with E-state index in [0.29, 0.717) is 23.1 Å². The van der Waals surface area contributed by atoms with Gasteiger partial charge in [0.25, 0.3) is 0 Å². The molecule has 33 heavy (non-hydrogen) atoms. The highest BCUT2D eigenvalue weighted by Crippen LogP contribution is 2.48. The molecule has 1 aliphatic carbocycles. The van der Waals surface area contributed by atoms with Gasteiger partial charge in [0.05, 0.1) is 11.3 Å². The average Bonchev–Trinajstić information content (AvgIpc) is 3.57. The lowest BCUT2D eigenvalue weighted by molar-refractivity contribution is -0.137. The van der Waals surface area contributed by atoms with E-state index in [-0.39, 0.29) is 17.6 Å². The van der Waals surface area contributed by atoms with Gasteiger partial charge in [-0.1, -0.05) is 6.07 Å². The number of nitrogen functional groups attached to an aromatic ring is 1. The number of hydrogen-bond donors (Lipinski definition) is 2. The van der Waals surface area contributed by atoms with Gasteiger partial charge < -0.3 is 11.1 Å². The summed E-state index contributed by atoms with van der Waals surface area (Å²) < 4.78 is 52.7. The van der Waals surface area contributed by atoms with Gasteiger partial charge in [0.1, 0.15) is 17.5 Å². The third kappa shape index (κ3) is 4.22. The Labute approximate surface area is 188 Å². The van der Waals surface area contributed by atoms with E-state index >= 15 is 0 Å². The minimum atomic E-state index is -4.41. The van der Waals surface area contributed by atoms with Crippen molar-refractivity contribution in [2.24, 2.45) is 5.92 Å². The summed E-state index contributed by atoms with van der Waals surface area (Å²) in [6.45, 7) is 2.06. The number of benzene rings is 2. The molecule has 1 aliphatic heterocycles. The zero-order valence-electron chi connectivity index (χ0n) is 17.7. The van der Waals surface area contributed by atoms with Crippen molar-refractivity contribution in [3.8, 4) is 0 Å². The Hall–Kier alpha value is -3.62. The molecule has 0 atom stereocenters. The molecular formula is C24H21F4N5. The highest BCUT2D eigenvalue weighted by atomic mass is 19.4. The number of nitrogens with one attached hydrogen (secondary N) is 1. The molecule has 0 bridgehead atoms. The number of nitrogens with two attached hydrogens (primary N) is 1. The predicted molar refractivity (Wildman–Crippen MR) is 119 cm³/mol. The molecule has 3 aromatic rings. The number of fused-ring (bicyclic) bond motifs is 1. The first-order chi connectivity index (χ1) is 15.7. The second-order valence-electron chi connectivity index (χ2n) is 8.40. The first kappa shape index (κ1) is 21.2. The van der Waals surface area contributed by atoms with E-state index in [9.17, 15) is 17.6 Å². The van der Waals surface area contributed by atoms with Crippen molar-refractivity contribution in [1.29, 1.82) is 0 Å². The van der Waals surface area contributed by atoms with Gasteiger partial charge in [-0.3, -0.25) is 4.90 Å². The smallest absolute Gasteiger partial charge is 0.383 e. The first-order valence-corrected chi connectivity index (χ1v) is 10.6. The molecule has 1 aromatic heterocycles. The van der Waals surface area contributed by atoms with E-state index in [4.69, 9.17) is 5.73 Å². The van der Waals surface area contributed by atoms with Crippen molar-refractivity contribution in [2.75, 3.05) is 16.0 Å². The number of allylic oxidation sites excluding steroid dienone is 2. The molecule has 5 rings (SSSR count). The topological polar surface area (TPSA) is 67.1 Å². The van der Waals surface area contributed by atoms with Crippen LogP contribution in [0.15, 0.2) is 59.8 Å². The summed E-state index contributed by atoms with van der Waals surface area (Å²) in [6, 6.07) is 10.8. The van der Waals surface area contributed by atoms with E-state index in [0.717, 1.165) is 42.7 Å². The summed E-state index contributed by atoms with van der Waals surface area (Å²) in [5, 5.41) is 2.99. The number of hydrogen-bond acceptors (Lipinski definition) is 5. The van der Waals surface area contributed by atoms with Gasteiger partial charge in [-0.05, 0) is 79.6 Å². The quantitative estimate of drug-likeness (QED) is 0.450. The number of alkyl halides is 3. The number of halogens is 4. The van der Waals surface area contributed by atoms with Crippen molar-refractivity contribution in [2.45, 2.75) is 32.4 Å². The third-order valence-corrected chi connectivity index (χ3v) is 5.80. The van der Waals surface area contributed by atoms with Crippen molar-refractivity contribution in [3.63, 3.8) is 0 Å². The molecule has 0 radical (unpaired) electrons. The monoisotopic (exact) mass is 455 g/mol. The normalized spacial score (nSPS) is 16.1. The molecule has 2 heterocycles. The summed E-state index contributed by atoms with van der Waals surface area (Å²) in [4.78, 5) is 10.9. The van der Waals surface area contributed by atoms with Crippen LogP contribution in [0.1, 0.15) is 30.9 Å². The van der Waals surface area contributed by atoms with Crippen molar-refractivity contribution >= 4 is 29.0 Å². The highest BCUT2D eigenvalue weighted by molar-refractivity contribution is 5.73. The van der Waals surface area contributed by atoms with Crippen molar-refractivity contribution in [3.05, 3.63) is 76.7 Å². The van der Waals surface area contributed by atoms with Gasteiger partial charge in [-0.2, -0.15) is 23.1 Å². The number of rotatable bonds is 4. The van der Waals surface area contributed by atoms with Gasteiger partial charge in [-0.25, -0.2) is 4.39 Å². The zero-order chi connectivity index (χ0) is 23.3. The molecule has 3 N–H and O–H groups in total. The Bertz CT molecular complexity index is 1250. The SMILES string of the molecule is CC1=C(C2CC2)N(c2nc(N)cc(Nc3ccc(C(F)(F)F)cc3)n2)c2cc(F)ccc2C1. The minimum Gasteiger partial charge on any atom is -0.383 e. The minimum absolute atomic E-state index is 0.186. The lowest BCUT2D eigenvalue weighted by Crippen LogP contribution is -2.27. The molecular weight excluding hydrogens is 434 g/mol. The molecule has 2 aromatic carbocycles. The van der Waals surface area contributed by atoms with E-state index in [1.807, 2.05) is 4.90 Å². The average molecular weight is 455 g/mol. The molecule has 9 heteroatoms. The summed E-state index contributed by atoms with van der Waals surface area (Å²) in [5.74, 6) is 0.787. The van der Waals surface area contributed by atoms with Crippen LogP contribution in [0.3, 0.4) is 0 Å². The lowest BCUT2D eigenvalue weighted by Gasteiger charge is -2.34. The van der Waals surface area contributed by atoms with E-state index < -0.39 is 11.7 Å². The number of anilines is 5. The fraction of sp³-hybridized carbons (Fsp3) is 0.250. The van der Waals surface area contributed by atoms with Crippen LogP contribution in [0.5, 0.6) is 0 Å². The number of aromatic nitrogens is 2. The maximum Gasteiger partial charge on any atom is 0.416 e. The van der Waals surface area contributed by atoms with Crippen LogP contribution in [-0.2, 0) is 12.6 Å². The number of nitrogens with zero attached hydrogens (tertiary/aromatic N) is 3. The standard InChI is InChI=1S/C24H21F4N5/c1-13-10-15-4-7-17(25)11-19(15)33(22(13)14-2-3-14)23-31-20(29)12-21(32-23)30-18-8-5-16(6-9-18)24(26,27)28/h4-9,11-12,14H,2-3,10H2,1H3,(H3,29,30,31,32). The van der Waals surface area contributed by atoms with E-state index in [1.165, 1.54) is 35.9 Å². The Morgan fingerprint density at radius 2 is 1.76 bits per heavy atom. The fourth-order valence-electron chi connectivity index (χ4n) is 4.20. The summed E-state index contributed by atoms with van der Waals surface area (Å²) in [7, 11) is 0. The van der Waals surface area contributed by atoms with Crippen LogP contribution in [0.25, 0.3) is 0 Å². The Morgan fingerprint density at radius 3 is 2.42 bits per heavy atom. The van der Waals surface area contributed by atoms with Crippen LogP contribution in [-0.4, -0.2) is 9.97 Å². The summed E-state index contributed by atoms with van der Waals surface area (Å²) in [6.07, 6.45) is -1.62. The van der Waals surface area contributed by atoms with Gasteiger partial charge in [0.15, 0.2) is 0 Å². The molecule has 5 nitrogen and oxygen atoms in total. The molecule has 0 unspecified atom stereocenters. The highest BCUT2D eigenvalue weighted by Gasteiger charge is 2.37. The second-order valence-corrected chi connectivity index (χ2v) is 8.40. The van der Waals surface area contributed by atoms with Crippen molar-refractivity contribution < 1.29 is 17.6 Å². The first-order valence-electron chi connectivity index (χ1n) is 10.6. The molecule has 2 aliphatic rings. The maximum atomic E-state index is 14.2. The van der Waals surface area contributed by atoms with Crippen LogP contribution >= 0.6 is 0 Å². The van der Waals surface area contributed by atoms with Crippen LogP contribution in [0.4, 0.5) is 46.5 Å². The van der Waals surface area contributed by atoms with Crippen LogP contribution in [0.2, 0.25) is 0 Å². The van der Waals surface area contributed by atoms with Gasteiger partial charge in [0.2, 0.25) is 5.95 Å². The Balaban J connectivity index is 1.54. The van der Waals surface area contributed by atoms with Crippen molar-refractivity contribution in [1.82, 2.24) is 9.97 Å². The second kappa shape index (κ2) is 7.75. The zero-order valence-corrected chi connectivity index (χ0v) is 17.7. The largest absolute Gasteiger partial charge is 0.416 e. The molecule has 1 saturated carbocycles. The van der Waals surface area contributed by atoms with E-state index in [1.54, 1.807) is 6.07 Å². The lowest BCUT2D eigenvalue weighted by atomic mass is 9.95. The molecule has 0 amide bonds. The van der Waals surface area contributed by atoms with Gasteiger partial charge in [-0.15, -0.1) is 0 Å².